The number of rotatable bonds is 5. The van der Waals surface area contributed by atoms with Crippen LogP contribution in [0.5, 0.6) is 5.75 Å². The van der Waals surface area contributed by atoms with Crippen molar-refractivity contribution in [1.82, 2.24) is 24.8 Å². The summed E-state index contributed by atoms with van der Waals surface area (Å²) in [5.74, 6) is 0.809. The number of methoxy groups -OCH3 is 1. The third kappa shape index (κ3) is 4.63. The summed E-state index contributed by atoms with van der Waals surface area (Å²) in [7, 11) is 1.67. The topological polar surface area (TPSA) is 63.5 Å². The molecule has 0 radical (unpaired) electrons. The lowest BCUT2D eigenvalue weighted by Gasteiger charge is -2.21. The van der Waals surface area contributed by atoms with Crippen LogP contribution in [0.3, 0.4) is 0 Å². The molecule has 1 fully saturated rings. The maximum atomic E-state index is 12.9. The van der Waals surface area contributed by atoms with Crippen molar-refractivity contribution in [3.8, 4) is 11.4 Å². The highest BCUT2D eigenvalue weighted by atomic mass is 16.5. The molecule has 3 aromatic rings. The molecule has 0 saturated carbocycles. The predicted molar refractivity (Wildman–Crippen MR) is 110 cm³/mol. The van der Waals surface area contributed by atoms with Crippen molar-refractivity contribution in [3.63, 3.8) is 0 Å². The number of hydrogen-bond acceptors (Lipinski definition) is 5. The molecule has 7 nitrogen and oxygen atoms in total. The molecule has 1 aliphatic rings. The van der Waals surface area contributed by atoms with Gasteiger partial charge in [0.15, 0.2) is 5.69 Å². The van der Waals surface area contributed by atoms with Crippen LogP contribution < -0.4 is 4.74 Å². The summed E-state index contributed by atoms with van der Waals surface area (Å²) in [6, 6.07) is 17.8. The molecule has 0 N–H and O–H groups in total. The fourth-order valence-corrected chi connectivity index (χ4v) is 3.53. The quantitative estimate of drug-likeness (QED) is 0.669. The second-order valence-electron chi connectivity index (χ2n) is 7.12. The maximum absolute atomic E-state index is 12.9. The molecule has 0 aliphatic carbocycles. The van der Waals surface area contributed by atoms with Crippen molar-refractivity contribution in [3.05, 3.63) is 72.1 Å². The van der Waals surface area contributed by atoms with E-state index >= 15 is 0 Å². The molecular formula is C22H25N5O2. The van der Waals surface area contributed by atoms with E-state index in [4.69, 9.17) is 4.74 Å². The molecule has 0 spiro atoms. The molecule has 1 aromatic heterocycles. The largest absolute Gasteiger partial charge is 0.497 e. The zero-order chi connectivity index (χ0) is 20.1. The Morgan fingerprint density at radius 3 is 2.55 bits per heavy atom. The minimum atomic E-state index is -0.0570. The Balaban J connectivity index is 1.36. The van der Waals surface area contributed by atoms with E-state index < -0.39 is 0 Å². The van der Waals surface area contributed by atoms with Gasteiger partial charge in [-0.15, -0.1) is 5.10 Å². The van der Waals surface area contributed by atoms with Crippen molar-refractivity contribution in [2.75, 3.05) is 33.3 Å². The van der Waals surface area contributed by atoms with Gasteiger partial charge >= 0.3 is 0 Å². The van der Waals surface area contributed by atoms with Crippen LogP contribution in [0.25, 0.3) is 5.69 Å². The van der Waals surface area contributed by atoms with Gasteiger partial charge in [-0.25, -0.2) is 0 Å². The number of amides is 1. The first-order valence-electron chi connectivity index (χ1n) is 9.85. The Hall–Kier alpha value is -3.19. The highest BCUT2D eigenvalue weighted by molar-refractivity contribution is 5.92. The van der Waals surface area contributed by atoms with Crippen molar-refractivity contribution in [1.29, 1.82) is 0 Å². The summed E-state index contributed by atoms with van der Waals surface area (Å²) in [6.07, 6.45) is 2.49. The highest BCUT2D eigenvalue weighted by Gasteiger charge is 2.22. The molecule has 2 heterocycles. The zero-order valence-electron chi connectivity index (χ0n) is 16.6. The van der Waals surface area contributed by atoms with Crippen molar-refractivity contribution < 1.29 is 9.53 Å². The van der Waals surface area contributed by atoms with Crippen molar-refractivity contribution in [2.24, 2.45) is 0 Å². The van der Waals surface area contributed by atoms with E-state index in [1.165, 1.54) is 10.4 Å². The number of benzene rings is 2. The molecule has 0 atom stereocenters. The van der Waals surface area contributed by atoms with Gasteiger partial charge in [-0.1, -0.05) is 30.3 Å². The average molecular weight is 391 g/mol. The van der Waals surface area contributed by atoms with Crippen LogP contribution in [0.2, 0.25) is 0 Å². The van der Waals surface area contributed by atoms with Gasteiger partial charge in [-0.3, -0.25) is 9.69 Å². The number of aromatic nitrogens is 3. The van der Waals surface area contributed by atoms with E-state index in [1.54, 1.807) is 13.3 Å². The fourth-order valence-electron chi connectivity index (χ4n) is 3.53. The monoisotopic (exact) mass is 391 g/mol. The molecule has 2 aromatic carbocycles. The van der Waals surface area contributed by atoms with Crippen LogP contribution >= 0.6 is 0 Å². The Labute approximate surface area is 170 Å². The van der Waals surface area contributed by atoms with Gasteiger partial charge in [0.25, 0.3) is 5.91 Å². The van der Waals surface area contributed by atoms with Gasteiger partial charge in [0.1, 0.15) is 5.75 Å². The van der Waals surface area contributed by atoms with Crippen molar-refractivity contribution >= 4 is 5.91 Å². The lowest BCUT2D eigenvalue weighted by atomic mass is 10.2. The Kier molecular flexibility index (Phi) is 5.86. The first kappa shape index (κ1) is 19.1. The molecule has 150 valence electrons. The van der Waals surface area contributed by atoms with Gasteiger partial charge in [0.2, 0.25) is 0 Å². The van der Waals surface area contributed by atoms with E-state index in [0.717, 1.165) is 44.0 Å². The van der Waals surface area contributed by atoms with Gasteiger partial charge < -0.3 is 9.64 Å². The number of carbonyl (C=O) groups excluding carboxylic acids is 1. The minimum absolute atomic E-state index is 0.0570. The molecule has 1 saturated heterocycles. The minimum Gasteiger partial charge on any atom is -0.497 e. The number of hydrogen-bond donors (Lipinski definition) is 0. The van der Waals surface area contributed by atoms with E-state index in [0.29, 0.717) is 12.2 Å². The molecule has 4 rings (SSSR count). The summed E-state index contributed by atoms with van der Waals surface area (Å²) in [5.41, 5.74) is 2.47. The zero-order valence-corrected chi connectivity index (χ0v) is 16.6. The summed E-state index contributed by atoms with van der Waals surface area (Å²) in [4.78, 5) is 18.7. The highest BCUT2D eigenvalue weighted by Crippen LogP contribution is 2.15. The van der Waals surface area contributed by atoms with E-state index in [2.05, 4.69) is 27.2 Å². The maximum Gasteiger partial charge on any atom is 0.276 e. The molecule has 1 amide bonds. The lowest BCUT2D eigenvalue weighted by molar-refractivity contribution is 0.0754. The van der Waals surface area contributed by atoms with Crippen LogP contribution in [0.1, 0.15) is 22.5 Å². The second-order valence-corrected chi connectivity index (χ2v) is 7.12. The first-order chi connectivity index (χ1) is 14.2. The molecule has 29 heavy (non-hydrogen) atoms. The summed E-state index contributed by atoms with van der Waals surface area (Å²) >= 11 is 0. The smallest absolute Gasteiger partial charge is 0.276 e. The Bertz CT molecular complexity index is 939. The summed E-state index contributed by atoms with van der Waals surface area (Å²) in [6.45, 7) is 4.09. The van der Waals surface area contributed by atoms with Crippen LogP contribution in [0, 0.1) is 0 Å². The third-order valence-electron chi connectivity index (χ3n) is 5.14. The summed E-state index contributed by atoms with van der Waals surface area (Å²) < 4.78 is 5.22. The average Bonchev–Trinajstić information content (AvgIpc) is 3.15. The number of para-hydroxylation sites is 1. The molecule has 1 aliphatic heterocycles. The normalized spacial score (nSPS) is 15.1. The van der Waals surface area contributed by atoms with Gasteiger partial charge in [-0.05, 0) is 36.2 Å². The van der Waals surface area contributed by atoms with E-state index in [1.807, 2.05) is 47.4 Å². The van der Waals surface area contributed by atoms with Gasteiger partial charge in [0.05, 0.1) is 19.0 Å². The number of nitrogens with zero attached hydrogens (tertiary/aromatic N) is 5. The summed E-state index contributed by atoms with van der Waals surface area (Å²) in [5, 5.41) is 8.63. The Morgan fingerprint density at radius 2 is 1.79 bits per heavy atom. The second kappa shape index (κ2) is 8.87. The number of ether oxygens (including phenoxy) is 1. The Morgan fingerprint density at radius 1 is 1.00 bits per heavy atom. The van der Waals surface area contributed by atoms with Crippen LogP contribution in [0.15, 0.2) is 60.8 Å². The van der Waals surface area contributed by atoms with Crippen molar-refractivity contribution in [2.45, 2.75) is 13.0 Å². The van der Waals surface area contributed by atoms with Crippen LogP contribution in [-0.4, -0.2) is 64.0 Å². The third-order valence-corrected chi connectivity index (χ3v) is 5.14. The SMILES string of the molecule is COc1ccc(CN2CCCN(C(=O)c3cnn(-c4ccccc4)n3)CC2)cc1. The standard InChI is InChI=1S/C22H25N5O2/c1-29-20-10-8-18(9-11-20)17-25-12-5-13-26(15-14-25)22(28)21-16-23-27(24-21)19-6-3-2-4-7-19/h2-4,6-11,16H,5,12-15,17H2,1H3. The molecular weight excluding hydrogens is 366 g/mol. The molecule has 0 unspecified atom stereocenters. The first-order valence-corrected chi connectivity index (χ1v) is 9.85. The van der Waals surface area contributed by atoms with Gasteiger partial charge in [-0.2, -0.15) is 9.90 Å². The predicted octanol–water partition coefficient (Wildman–Crippen LogP) is 2.62. The fraction of sp³-hybridized carbons (Fsp3) is 0.318. The van der Waals surface area contributed by atoms with Gasteiger partial charge in [0, 0.05) is 32.7 Å². The van der Waals surface area contributed by atoms with Crippen LogP contribution in [0.4, 0.5) is 0 Å². The molecule has 7 heteroatoms. The molecule has 0 bridgehead atoms. The van der Waals surface area contributed by atoms with E-state index in [9.17, 15) is 4.79 Å². The lowest BCUT2D eigenvalue weighted by Crippen LogP contribution is -2.35. The van der Waals surface area contributed by atoms with Crippen LogP contribution in [-0.2, 0) is 6.54 Å². The number of carbonyl (C=O) groups is 1. The van der Waals surface area contributed by atoms with E-state index in [-0.39, 0.29) is 5.91 Å².